The van der Waals surface area contributed by atoms with E-state index in [0.29, 0.717) is 36.6 Å². The van der Waals surface area contributed by atoms with E-state index in [2.05, 4.69) is 12.2 Å². The number of nitrogens with zero attached hydrogens (tertiary/aromatic N) is 2. The summed E-state index contributed by atoms with van der Waals surface area (Å²) in [6.45, 7) is 4.04. The topological polar surface area (TPSA) is 69.7 Å². The molecule has 6 nitrogen and oxygen atoms in total. The Kier molecular flexibility index (Phi) is 7.46. The maximum Gasteiger partial charge on any atom is 0.238 e. The molecule has 3 rings (SSSR count). The van der Waals surface area contributed by atoms with E-state index in [1.54, 1.807) is 17.0 Å². The molecule has 158 valence electrons. The van der Waals surface area contributed by atoms with Crippen molar-refractivity contribution in [2.24, 2.45) is 5.92 Å². The zero-order chi connectivity index (χ0) is 21.0. The number of thioether (sulfide) groups is 1. The summed E-state index contributed by atoms with van der Waals surface area (Å²) in [5, 5.41) is 2.96. The molecule has 0 radical (unpaired) electrons. The minimum Gasteiger partial charge on any atom is -0.346 e. The second kappa shape index (κ2) is 9.85. The quantitative estimate of drug-likeness (QED) is 0.737. The van der Waals surface area contributed by atoms with Crippen LogP contribution in [0.5, 0.6) is 0 Å². The van der Waals surface area contributed by atoms with E-state index in [4.69, 9.17) is 11.6 Å². The Morgan fingerprint density at radius 2 is 2.03 bits per heavy atom. The summed E-state index contributed by atoms with van der Waals surface area (Å²) in [4.78, 5) is 42.2. The monoisotopic (exact) mass is 437 g/mol. The fourth-order valence-electron chi connectivity index (χ4n) is 3.74. The number of amides is 3. The van der Waals surface area contributed by atoms with Crippen LogP contribution in [0.15, 0.2) is 23.1 Å². The Morgan fingerprint density at radius 3 is 2.72 bits per heavy atom. The number of fused-ring (bicyclic) bond motifs is 1. The van der Waals surface area contributed by atoms with E-state index in [-0.39, 0.29) is 30.1 Å². The van der Waals surface area contributed by atoms with Gasteiger partial charge in [0.15, 0.2) is 0 Å². The van der Waals surface area contributed by atoms with Gasteiger partial charge in [-0.3, -0.25) is 14.4 Å². The number of halogens is 1. The number of hydrogen-bond donors (Lipinski definition) is 1. The first-order valence-electron chi connectivity index (χ1n) is 10.2. The first-order chi connectivity index (χ1) is 13.9. The summed E-state index contributed by atoms with van der Waals surface area (Å²) in [6, 6.07) is 5.37. The van der Waals surface area contributed by atoms with E-state index < -0.39 is 5.25 Å². The van der Waals surface area contributed by atoms with Crippen LogP contribution in [-0.2, 0) is 14.4 Å². The van der Waals surface area contributed by atoms with Gasteiger partial charge in [-0.05, 0) is 37.5 Å². The average molecular weight is 438 g/mol. The number of benzene rings is 1. The number of piperidine rings is 1. The van der Waals surface area contributed by atoms with Crippen molar-refractivity contribution in [3.05, 3.63) is 23.2 Å². The molecule has 1 N–H and O–H groups in total. The van der Waals surface area contributed by atoms with Gasteiger partial charge in [-0.2, -0.15) is 0 Å². The van der Waals surface area contributed by atoms with E-state index in [1.807, 2.05) is 18.0 Å². The van der Waals surface area contributed by atoms with Crippen LogP contribution in [-0.4, -0.2) is 59.5 Å². The molecule has 1 atom stereocenters. The number of unbranched alkanes of at least 4 members (excludes halogenated alkanes) is 1. The largest absolute Gasteiger partial charge is 0.346 e. The minimum atomic E-state index is -0.448. The van der Waals surface area contributed by atoms with Gasteiger partial charge in [-0.25, -0.2) is 0 Å². The molecule has 1 fully saturated rings. The van der Waals surface area contributed by atoms with Gasteiger partial charge in [0.2, 0.25) is 17.7 Å². The van der Waals surface area contributed by atoms with Crippen LogP contribution < -0.4 is 5.32 Å². The third-order valence-electron chi connectivity index (χ3n) is 5.54. The van der Waals surface area contributed by atoms with Crippen molar-refractivity contribution < 1.29 is 14.4 Å². The molecule has 2 aliphatic heterocycles. The van der Waals surface area contributed by atoms with E-state index in [1.165, 1.54) is 11.8 Å². The number of carbonyl (C=O) groups excluding carboxylic acids is 3. The van der Waals surface area contributed by atoms with Crippen LogP contribution in [0, 0.1) is 5.92 Å². The number of hydrogen-bond acceptors (Lipinski definition) is 4. The maximum absolute atomic E-state index is 12.7. The van der Waals surface area contributed by atoms with Crippen LogP contribution >= 0.6 is 23.4 Å². The molecular weight excluding hydrogens is 410 g/mol. The van der Waals surface area contributed by atoms with E-state index in [0.717, 1.165) is 24.3 Å². The van der Waals surface area contributed by atoms with Gasteiger partial charge < -0.3 is 15.1 Å². The first-order valence-corrected chi connectivity index (χ1v) is 11.4. The second-order valence-corrected chi connectivity index (χ2v) is 9.39. The first kappa shape index (κ1) is 22.0. The minimum absolute atomic E-state index is 0.00937. The highest BCUT2D eigenvalue weighted by Crippen LogP contribution is 2.38. The Morgan fingerprint density at radius 1 is 1.31 bits per heavy atom. The summed E-state index contributed by atoms with van der Waals surface area (Å²) in [7, 11) is 1.86. The predicted octanol–water partition coefficient (Wildman–Crippen LogP) is 3.64. The molecule has 29 heavy (non-hydrogen) atoms. The highest BCUT2D eigenvalue weighted by Gasteiger charge is 2.33. The van der Waals surface area contributed by atoms with Crippen molar-refractivity contribution in [3.8, 4) is 0 Å². The van der Waals surface area contributed by atoms with Crippen molar-refractivity contribution in [3.63, 3.8) is 0 Å². The van der Waals surface area contributed by atoms with E-state index >= 15 is 0 Å². The van der Waals surface area contributed by atoms with Crippen molar-refractivity contribution >= 4 is 46.8 Å². The van der Waals surface area contributed by atoms with Crippen molar-refractivity contribution in [1.29, 1.82) is 0 Å². The standard InChI is InChI=1S/C21H28ClN3O3S/c1-3-4-9-24(2)21(28)14-7-10-25(11-8-14)19(26)13-18-20(27)23-16-12-15(22)5-6-17(16)29-18/h5-6,12,14,18H,3-4,7-11,13H2,1-2H3,(H,23,27). The van der Waals surface area contributed by atoms with Gasteiger partial charge in [-0.15, -0.1) is 11.8 Å². The number of rotatable bonds is 6. The van der Waals surface area contributed by atoms with Crippen LogP contribution in [0.3, 0.4) is 0 Å². The highest BCUT2D eigenvalue weighted by atomic mass is 35.5. The smallest absolute Gasteiger partial charge is 0.238 e. The lowest BCUT2D eigenvalue weighted by Gasteiger charge is -2.34. The number of anilines is 1. The molecule has 0 aromatic heterocycles. The van der Waals surface area contributed by atoms with Crippen LogP contribution in [0.2, 0.25) is 5.02 Å². The fraction of sp³-hybridized carbons (Fsp3) is 0.571. The second-order valence-electron chi connectivity index (χ2n) is 7.71. The maximum atomic E-state index is 12.7. The Balaban J connectivity index is 1.50. The molecule has 3 amide bonds. The molecule has 0 saturated carbocycles. The molecule has 1 aromatic carbocycles. The summed E-state index contributed by atoms with van der Waals surface area (Å²) in [5.74, 6) is -0.0195. The van der Waals surface area contributed by atoms with Crippen molar-refractivity contribution in [1.82, 2.24) is 9.80 Å². The molecular formula is C21H28ClN3O3S. The fourth-order valence-corrected chi connectivity index (χ4v) is 4.99. The Bertz CT molecular complexity index is 780. The third-order valence-corrected chi connectivity index (χ3v) is 7.05. The van der Waals surface area contributed by atoms with Gasteiger partial charge in [0.25, 0.3) is 0 Å². The van der Waals surface area contributed by atoms with Gasteiger partial charge in [-0.1, -0.05) is 24.9 Å². The molecule has 0 bridgehead atoms. The summed E-state index contributed by atoms with van der Waals surface area (Å²) in [6.07, 6.45) is 3.61. The van der Waals surface area contributed by atoms with Crippen LogP contribution in [0.4, 0.5) is 5.69 Å². The van der Waals surface area contributed by atoms with E-state index in [9.17, 15) is 14.4 Å². The van der Waals surface area contributed by atoms with Crippen LogP contribution in [0.25, 0.3) is 0 Å². The third kappa shape index (κ3) is 5.45. The number of likely N-dealkylation sites (tertiary alicyclic amines) is 1. The summed E-state index contributed by atoms with van der Waals surface area (Å²) in [5.41, 5.74) is 0.697. The van der Waals surface area contributed by atoms with Crippen LogP contribution in [0.1, 0.15) is 39.0 Å². The predicted molar refractivity (Wildman–Crippen MR) is 116 cm³/mol. The molecule has 0 aliphatic carbocycles. The SMILES string of the molecule is CCCCN(C)C(=O)C1CCN(C(=O)CC2Sc3ccc(Cl)cc3NC2=O)CC1. The van der Waals surface area contributed by atoms with Gasteiger partial charge >= 0.3 is 0 Å². The van der Waals surface area contributed by atoms with Crippen molar-refractivity contribution in [2.45, 2.75) is 49.2 Å². The molecule has 1 saturated heterocycles. The molecule has 2 aliphatic rings. The zero-order valence-corrected chi connectivity index (χ0v) is 18.5. The highest BCUT2D eigenvalue weighted by molar-refractivity contribution is 8.01. The lowest BCUT2D eigenvalue weighted by atomic mass is 9.95. The van der Waals surface area contributed by atoms with Gasteiger partial charge in [0.05, 0.1) is 10.9 Å². The van der Waals surface area contributed by atoms with Gasteiger partial charge in [0, 0.05) is 48.9 Å². The van der Waals surface area contributed by atoms with Crippen molar-refractivity contribution in [2.75, 3.05) is 32.0 Å². The molecule has 1 unspecified atom stereocenters. The lowest BCUT2D eigenvalue weighted by molar-refractivity contribution is -0.140. The molecule has 0 spiro atoms. The number of nitrogens with one attached hydrogen (secondary N) is 1. The Hall–Kier alpha value is -1.73. The number of carbonyl (C=O) groups is 3. The Labute approximate surface area is 181 Å². The lowest BCUT2D eigenvalue weighted by Crippen LogP contribution is -2.45. The molecule has 8 heteroatoms. The van der Waals surface area contributed by atoms with Gasteiger partial charge in [0.1, 0.15) is 0 Å². The average Bonchev–Trinajstić information content (AvgIpc) is 2.72. The molecule has 1 aromatic rings. The molecule has 2 heterocycles. The zero-order valence-electron chi connectivity index (χ0n) is 16.9. The summed E-state index contributed by atoms with van der Waals surface area (Å²) >= 11 is 7.38. The normalized spacial score (nSPS) is 19.5. The summed E-state index contributed by atoms with van der Waals surface area (Å²) < 4.78 is 0.